The van der Waals surface area contributed by atoms with Gasteiger partial charge in [-0.05, 0) is 99.1 Å². The first kappa shape index (κ1) is 31.0. The van der Waals surface area contributed by atoms with Crippen LogP contribution in [0, 0.1) is 0 Å². The van der Waals surface area contributed by atoms with Gasteiger partial charge in [-0.25, -0.2) is 9.97 Å². The smallest absolute Gasteiger partial charge is 0.160 e. The van der Waals surface area contributed by atoms with E-state index in [0.29, 0.717) is 5.82 Å². The Morgan fingerprint density at radius 1 is 0.308 bits per heavy atom. The van der Waals surface area contributed by atoms with Crippen molar-refractivity contribution in [3.8, 4) is 78.4 Å². The van der Waals surface area contributed by atoms with Crippen molar-refractivity contribution in [2.75, 3.05) is 0 Å². The number of fused-ring (bicyclic) bond motifs is 1. The molecule has 0 amide bonds. The summed E-state index contributed by atoms with van der Waals surface area (Å²) < 4.78 is 0. The van der Waals surface area contributed by atoms with Crippen LogP contribution in [-0.4, -0.2) is 19.9 Å². The summed E-state index contributed by atoms with van der Waals surface area (Å²) in [6.45, 7) is 0. The van der Waals surface area contributed by atoms with Crippen molar-refractivity contribution in [3.05, 3.63) is 195 Å². The van der Waals surface area contributed by atoms with Gasteiger partial charge in [0, 0.05) is 40.7 Å². The number of nitrogens with zero attached hydrogens (tertiary/aromatic N) is 4. The fourth-order valence-corrected chi connectivity index (χ4v) is 6.74. The first-order valence-electron chi connectivity index (χ1n) is 17.4. The average Bonchev–Trinajstić information content (AvgIpc) is 3.24. The molecule has 0 unspecified atom stereocenters. The van der Waals surface area contributed by atoms with E-state index in [-0.39, 0.29) is 0 Å². The number of rotatable bonds is 7. The van der Waals surface area contributed by atoms with Crippen LogP contribution in [0.3, 0.4) is 0 Å². The predicted molar refractivity (Wildman–Crippen MR) is 213 cm³/mol. The van der Waals surface area contributed by atoms with Crippen LogP contribution in [0.15, 0.2) is 195 Å². The molecular weight excluding hydrogens is 633 g/mol. The third kappa shape index (κ3) is 6.26. The van der Waals surface area contributed by atoms with Crippen molar-refractivity contribution in [2.24, 2.45) is 0 Å². The molecule has 0 saturated carbocycles. The van der Waals surface area contributed by atoms with Crippen LogP contribution in [0.1, 0.15) is 0 Å². The zero-order chi connectivity index (χ0) is 34.7. The Kier molecular flexibility index (Phi) is 8.16. The van der Waals surface area contributed by atoms with Crippen LogP contribution >= 0.6 is 0 Å². The van der Waals surface area contributed by atoms with Gasteiger partial charge in [-0.2, -0.15) is 0 Å². The van der Waals surface area contributed by atoms with Gasteiger partial charge in [0.2, 0.25) is 0 Å². The van der Waals surface area contributed by atoms with Gasteiger partial charge in [-0.1, -0.05) is 121 Å². The molecule has 0 radical (unpaired) electrons. The van der Waals surface area contributed by atoms with E-state index < -0.39 is 0 Å². The van der Waals surface area contributed by atoms with Crippen LogP contribution in [-0.2, 0) is 0 Å². The van der Waals surface area contributed by atoms with Crippen LogP contribution < -0.4 is 0 Å². The second-order valence-electron chi connectivity index (χ2n) is 12.8. The highest BCUT2D eigenvalue weighted by Gasteiger charge is 2.15. The number of hydrogen-bond acceptors (Lipinski definition) is 4. The van der Waals surface area contributed by atoms with Crippen LogP contribution in [0.4, 0.5) is 0 Å². The standard InChI is InChI=1S/C48H32N4/c1-3-9-33(10-4-1)40-22-23-46-44(32-40)47(39-11-5-2-6-12-39)52-48(51-46)43-30-41(35-16-14-34(15-17-35)37-24-27-49-28-25-37)29-42(31-43)36-18-20-38(21-19-36)45-13-7-8-26-50-45/h1-32H. The van der Waals surface area contributed by atoms with E-state index in [1.165, 1.54) is 0 Å². The van der Waals surface area contributed by atoms with E-state index in [4.69, 9.17) is 9.97 Å². The molecule has 4 nitrogen and oxygen atoms in total. The Morgan fingerprint density at radius 3 is 1.46 bits per heavy atom. The molecule has 0 aliphatic heterocycles. The lowest BCUT2D eigenvalue weighted by molar-refractivity contribution is 1.23. The summed E-state index contributed by atoms with van der Waals surface area (Å²) in [5.41, 5.74) is 14.8. The van der Waals surface area contributed by atoms with Crippen LogP contribution in [0.2, 0.25) is 0 Å². The maximum atomic E-state index is 5.33. The second-order valence-corrected chi connectivity index (χ2v) is 12.8. The summed E-state index contributed by atoms with van der Waals surface area (Å²) in [7, 11) is 0. The van der Waals surface area contributed by atoms with Gasteiger partial charge in [-0.15, -0.1) is 0 Å². The number of benzene rings is 6. The highest BCUT2D eigenvalue weighted by Crippen LogP contribution is 2.37. The molecule has 9 rings (SSSR count). The minimum absolute atomic E-state index is 0.681. The van der Waals surface area contributed by atoms with E-state index in [9.17, 15) is 0 Å². The van der Waals surface area contributed by atoms with Crippen molar-refractivity contribution in [1.82, 2.24) is 19.9 Å². The molecule has 4 heteroatoms. The summed E-state index contributed by atoms with van der Waals surface area (Å²) in [5.74, 6) is 0.681. The Bertz CT molecular complexity index is 2520. The van der Waals surface area contributed by atoms with Gasteiger partial charge < -0.3 is 0 Å². The third-order valence-electron chi connectivity index (χ3n) is 9.45. The Labute approximate surface area is 302 Å². The number of pyridine rings is 2. The number of hydrogen-bond donors (Lipinski definition) is 0. The normalized spacial score (nSPS) is 11.1. The minimum Gasteiger partial charge on any atom is -0.265 e. The molecule has 0 aliphatic rings. The zero-order valence-corrected chi connectivity index (χ0v) is 28.3. The topological polar surface area (TPSA) is 51.6 Å². The van der Waals surface area contributed by atoms with E-state index >= 15 is 0 Å². The van der Waals surface area contributed by atoms with Crippen molar-refractivity contribution >= 4 is 10.9 Å². The van der Waals surface area contributed by atoms with Gasteiger partial charge in [0.15, 0.2) is 5.82 Å². The lowest BCUT2D eigenvalue weighted by Gasteiger charge is -2.14. The summed E-state index contributed by atoms with van der Waals surface area (Å²) in [5, 5.41) is 1.02. The molecule has 244 valence electrons. The molecule has 0 saturated heterocycles. The molecular formula is C48H32N4. The fourth-order valence-electron chi connectivity index (χ4n) is 6.74. The van der Waals surface area contributed by atoms with Gasteiger partial charge in [0.1, 0.15) is 0 Å². The Morgan fingerprint density at radius 2 is 0.827 bits per heavy atom. The number of aromatic nitrogens is 4. The van der Waals surface area contributed by atoms with E-state index in [1.54, 1.807) is 0 Å². The monoisotopic (exact) mass is 664 g/mol. The van der Waals surface area contributed by atoms with Crippen molar-refractivity contribution in [1.29, 1.82) is 0 Å². The van der Waals surface area contributed by atoms with Gasteiger partial charge in [-0.3, -0.25) is 9.97 Å². The molecule has 9 aromatic rings. The third-order valence-corrected chi connectivity index (χ3v) is 9.45. The second kappa shape index (κ2) is 13.7. The molecule has 0 bridgehead atoms. The largest absolute Gasteiger partial charge is 0.265 e. The molecule has 0 spiro atoms. The van der Waals surface area contributed by atoms with Crippen molar-refractivity contribution < 1.29 is 0 Å². The zero-order valence-electron chi connectivity index (χ0n) is 28.3. The molecule has 52 heavy (non-hydrogen) atoms. The molecule has 0 N–H and O–H groups in total. The lowest BCUT2D eigenvalue weighted by atomic mass is 9.94. The van der Waals surface area contributed by atoms with Crippen LogP contribution in [0.25, 0.3) is 89.3 Å². The molecule has 3 heterocycles. The van der Waals surface area contributed by atoms with Gasteiger partial charge in [0.25, 0.3) is 0 Å². The van der Waals surface area contributed by atoms with Gasteiger partial charge >= 0.3 is 0 Å². The van der Waals surface area contributed by atoms with E-state index in [0.717, 1.165) is 83.5 Å². The maximum absolute atomic E-state index is 5.33. The molecule has 3 aromatic heterocycles. The summed E-state index contributed by atoms with van der Waals surface area (Å²) in [6.07, 6.45) is 5.48. The SMILES string of the molecule is c1ccc(-c2ccc3nc(-c4cc(-c5ccc(-c6ccncc6)cc5)cc(-c5ccc(-c6ccccn6)cc5)c4)nc(-c4ccccc4)c3c2)cc1. The average molecular weight is 665 g/mol. The quantitative estimate of drug-likeness (QED) is 0.170. The molecule has 6 aromatic carbocycles. The van der Waals surface area contributed by atoms with E-state index in [2.05, 4.69) is 143 Å². The van der Waals surface area contributed by atoms with Gasteiger partial charge in [0.05, 0.1) is 16.9 Å². The molecule has 0 atom stereocenters. The minimum atomic E-state index is 0.681. The first-order chi connectivity index (χ1) is 25.7. The predicted octanol–water partition coefficient (Wildman–Crippen LogP) is 12.1. The van der Waals surface area contributed by atoms with Crippen LogP contribution in [0.5, 0.6) is 0 Å². The molecule has 0 fully saturated rings. The maximum Gasteiger partial charge on any atom is 0.160 e. The summed E-state index contributed by atoms with van der Waals surface area (Å²) in [6, 6.07) is 61.4. The van der Waals surface area contributed by atoms with Crippen molar-refractivity contribution in [2.45, 2.75) is 0 Å². The molecule has 0 aliphatic carbocycles. The fraction of sp³-hybridized carbons (Fsp3) is 0. The van der Waals surface area contributed by atoms with Crippen molar-refractivity contribution in [3.63, 3.8) is 0 Å². The highest BCUT2D eigenvalue weighted by atomic mass is 14.9. The van der Waals surface area contributed by atoms with E-state index in [1.807, 2.05) is 61.1 Å². The highest BCUT2D eigenvalue weighted by molar-refractivity contribution is 5.96. The summed E-state index contributed by atoms with van der Waals surface area (Å²) >= 11 is 0. The Hall–Kier alpha value is -7.04. The summed E-state index contributed by atoms with van der Waals surface area (Å²) in [4.78, 5) is 19.3. The lowest BCUT2D eigenvalue weighted by Crippen LogP contribution is -1.97. The Balaban J connectivity index is 1.20. The first-order valence-corrected chi connectivity index (χ1v) is 17.4.